The molecule has 1 fully saturated rings. The second-order valence-corrected chi connectivity index (χ2v) is 6.91. The lowest BCUT2D eigenvalue weighted by Crippen LogP contribution is -2.46. The van der Waals surface area contributed by atoms with E-state index in [9.17, 15) is 0 Å². The minimum atomic E-state index is 0.641. The number of fused-ring (bicyclic) bond motifs is 1. The second kappa shape index (κ2) is 7.01. The van der Waals surface area contributed by atoms with Gasteiger partial charge in [-0.2, -0.15) is 14.6 Å². The van der Waals surface area contributed by atoms with Gasteiger partial charge in [0.1, 0.15) is 17.8 Å². The third-order valence-corrected chi connectivity index (χ3v) is 4.95. The summed E-state index contributed by atoms with van der Waals surface area (Å²) in [7, 11) is 0. The minimum Gasteiger partial charge on any atom is -0.359 e. The Bertz CT molecular complexity index is 1080. The largest absolute Gasteiger partial charge is 0.359 e. The van der Waals surface area contributed by atoms with E-state index < -0.39 is 0 Å². The maximum Gasteiger partial charge on any atom is 0.254 e. The van der Waals surface area contributed by atoms with E-state index in [1.807, 2.05) is 25.1 Å². The van der Waals surface area contributed by atoms with Crippen LogP contribution in [0, 0.1) is 6.92 Å². The van der Waals surface area contributed by atoms with Crippen molar-refractivity contribution in [2.75, 3.05) is 31.1 Å². The van der Waals surface area contributed by atoms with Gasteiger partial charge >= 0.3 is 0 Å². The van der Waals surface area contributed by atoms with E-state index in [1.165, 1.54) is 0 Å². The Morgan fingerprint density at radius 2 is 2.04 bits per heavy atom. The highest BCUT2D eigenvalue weighted by Crippen LogP contribution is 2.21. The number of hydrogen-bond acceptors (Lipinski definition) is 8. The molecule has 0 N–H and O–H groups in total. The topological polar surface area (TPSA) is 88.5 Å². The van der Waals surface area contributed by atoms with Crippen molar-refractivity contribution < 1.29 is 4.52 Å². The van der Waals surface area contributed by atoms with Gasteiger partial charge in [-0.05, 0) is 19.1 Å². The van der Waals surface area contributed by atoms with Gasteiger partial charge in [-0.3, -0.25) is 9.88 Å². The number of hydrogen-bond donors (Lipinski definition) is 0. The van der Waals surface area contributed by atoms with Crippen LogP contribution >= 0.6 is 0 Å². The van der Waals surface area contributed by atoms with E-state index in [1.54, 1.807) is 23.2 Å². The number of piperazine rings is 1. The van der Waals surface area contributed by atoms with Gasteiger partial charge in [0.05, 0.1) is 6.54 Å². The Labute approximate surface area is 161 Å². The third kappa shape index (κ3) is 3.20. The van der Waals surface area contributed by atoms with E-state index in [2.05, 4.69) is 41.1 Å². The second-order valence-electron chi connectivity index (χ2n) is 6.91. The summed E-state index contributed by atoms with van der Waals surface area (Å²) in [6, 6.07) is 7.94. The summed E-state index contributed by atoms with van der Waals surface area (Å²) in [4.78, 5) is 17.5. The van der Waals surface area contributed by atoms with E-state index in [4.69, 9.17) is 4.52 Å². The van der Waals surface area contributed by atoms with Crippen molar-refractivity contribution >= 4 is 11.6 Å². The maximum atomic E-state index is 5.53. The van der Waals surface area contributed by atoms with E-state index in [0.29, 0.717) is 5.78 Å². The molecule has 1 saturated heterocycles. The summed E-state index contributed by atoms with van der Waals surface area (Å²) in [5.74, 6) is 2.55. The molecule has 0 aliphatic carbocycles. The summed E-state index contributed by atoms with van der Waals surface area (Å²) < 4.78 is 7.34. The molecule has 5 rings (SSSR count). The van der Waals surface area contributed by atoms with Crippen LogP contribution in [0.2, 0.25) is 0 Å². The quantitative estimate of drug-likeness (QED) is 0.533. The van der Waals surface area contributed by atoms with Crippen LogP contribution in [0.4, 0.5) is 5.82 Å². The molecule has 0 aromatic carbocycles. The van der Waals surface area contributed by atoms with Crippen molar-refractivity contribution in [1.82, 2.24) is 34.6 Å². The smallest absolute Gasteiger partial charge is 0.254 e. The lowest BCUT2D eigenvalue weighted by Gasteiger charge is -2.35. The first-order chi connectivity index (χ1) is 13.8. The monoisotopic (exact) mass is 376 g/mol. The number of nitrogens with zero attached hydrogens (tertiary/aromatic N) is 8. The van der Waals surface area contributed by atoms with Gasteiger partial charge in [0.2, 0.25) is 0 Å². The average Bonchev–Trinajstić information content (AvgIpc) is 3.38. The van der Waals surface area contributed by atoms with Crippen molar-refractivity contribution in [3.05, 3.63) is 54.4 Å². The molecule has 5 heterocycles. The Morgan fingerprint density at radius 3 is 2.86 bits per heavy atom. The lowest BCUT2D eigenvalue weighted by molar-refractivity contribution is 0.219. The molecular formula is C19H20N8O. The van der Waals surface area contributed by atoms with Crippen molar-refractivity contribution in [1.29, 1.82) is 0 Å². The molecule has 142 valence electrons. The van der Waals surface area contributed by atoms with E-state index in [-0.39, 0.29) is 0 Å². The summed E-state index contributed by atoms with van der Waals surface area (Å²) in [5, 5.41) is 8.49. The zero-order valence-corrected chi connectivity index (χ0v) is 15.6. The molecule has 0 spiro atoms. The van der Waals surface area contributed by atoms with Gasteiger partial charge < -0.3 is 9.42 Å². The first kappa shape index (κ1) is 16.8. The summed E-state index contributed by atoms with van der Waals surface area (Å²) in [6.45, 7) is 6.40. The van der Waals surface area contributed by atoms with Crippen LogP contribution in [0.25, 0.3) is 17.0 Å². The van der Waals surface area contributed by atoms with Crippen LogP contribution < -0.4 is 4.90 Å². The molecule has 9 nitrogen and oxygen atoms in total. The lowest BCUT2D eigenvalue weighted by atomic mass is 10.2. The SMILES string of the molecule is Cc1cc(N2CCN(Cc3cc(-c4cccnc4)no3)CC2)n2ncnc2n1. The minimum absolute atomic E-state index is 0.641. The molecule has 0 radical (unpaired) electrons. The molecule has 0 amide bonds. The zero-order valence-electron chi connectivity index (χ0n) is 15.6. The molecule has 4 aromatic rings. The van der Waals surface area contributed by atoms with Crippen LogP contribution in [0.3, 0.4) is 0 Å². The van der Waals surface area contributed by atoms with Crippen molar-refractivity contribution in [3.63, 3.8) is 0 Å². The van der Waals surface area contributed by atoms with Crippen LogP contribution in [0.1, 0.15) is 11.5 Å². The summed E-state index contributed by atoms with van der Waals surface area (Å²) >= 11 is 0. The number of rotatable bonds is 4. The van der Waals surface area contributed by atoms with Gasteiger partial charge in [-0.15, -0.1) is 0 Å². The highest BCUT2D eigenvalue weighted by atomic mass is 16.5. The third-order valence-electron chi connectivity index (χ3n) is 4.95. The highest BCUT2D eigenvalue weighted by molar-refractivity contribution is 5.57. The molecule has 1 aliphatic rings. The average molecular weight is 376 g/mol. The molecule has 0 bridgehead atoms. The van der Waals surface area contributed by atoms with Gasteiger partial charge in [0, 0.05) is 62.0 Å². The van der Waals surface area contributed by atoms with E-state index in [0.717, 1.165) is 61.3 Å². The predicted molar refractivity (Wildman–Crippen MR) is 103 cm³/mol. The Hall–Kier alpha value is -3.33. The fourth-order valence-electron chi connectivity index (χ4n) is 3.53. The summed E-state index contributed by atoms with van der Waals surface area (Å²) in [5.41, 5.74) is 2.73. The maximum absolute atomic E-state index is 5.53. The fourth-order valence-corrected chi connectivity index (χ4v) is 3.53. The summed E-state index contributed by atoms with van der Waals surface area (Å²) in [6.07, 6.45) is 5.09. The molecule has 28 heavy (non-hydrogen) atoms. The number of aromatic nitrogens is 6. The standard InChI is InChI=1S/C19H20N8O/c1-14-9-18(27-19(23-14)21-13-22-27)26-7-5-25(6-8-26)12-16-10-17(24-28-16)15-3-2-4-20-11-15/h2-4,9-11,13H,5-8,12H2,1H3. The van der Waals surface area contributed by atoms with E-state index >= 15 is 0 Å². The molecular weight excluding hydrogens is 356 g/mol. The molecule has 0 atom stereocenters. The van der Waals surface area contributed by atoms with Gasteiger partial charge in [0.15, 0.2) is 5.76 Å². The number of anilines is 1. The van der Waals surface area contributed by atoms with Crippen molar-refractivity contribution in [2.45, 2.75) is 13.5 Å². The first-order valence-electron chi connectivity index (χ1n) is 9.27. The number of pyridine rings is 1. The first-order valence-corrected chi connectivity index (χ1v) is 9.27. The highest BCUT2D eigenvalue weighted by Gasteiger charge is 2.21. The molecule has 0 saturated carbocycles. The Morgan fingerprint density at radius 1 is 1.14 bits per heavy atom. The molecule has 9 heteroatoms. The normalized spacial score (nSPS) is 15.4. The van der Waals surface area contributed by atoms with Crippen LogP contribution in [-0.4, -0.2) is 60.8 Å². The Kier molecular flexibility index (Phi) is 4.21. The predicted octanol–water partition coefficient (Wildman–Crippen LogP) is 1.80. The number of aryl methyl sites for hydroxylation is 1. The fraction of sp³-hybridized carbons (Fsp3) is 0.316. The van der Waals surface area contributed by atoms with Crippen LogP contribution in [-0.2, 0) is 6.54 Å². The van der Waals surface area contributed by atoms with Crippen molar-refractivity contribution in [3.8, 4) is 11.3 Å². The van der Waals surface area contributed by atoms with Crippen LogP contribution in [0.5, 0.6) is 0 Å². The Balaban J connectivity index is 1.25. The molecule has 0 unspecified atom stereocenters. The van der Waals surface area contributed by atoms with Gasteiger partial charge in [-0.25, -0.2) is 4.98 Å². The van der Waals surface area contributed by atoms with Gasteiger partial charge in [0.25, 0.3) is 5.78 Å². The van der Waals surface area contributed by atoms with Crippen molar-refractivity contribution in [2.24, 2.45) is 0 Å². The molecule has 4 aromatic heterocycles. The molecule has 1 aliphatic heterocycles. The van der Waals surface area contributed by atoms with Crippen LogP contribution in [0.15, 0.2) is 47.5 Å². The zero-order chi connectivity index (χ0) is 18.9. The van der Waals surface area contributed by atoms with Gasteiger partial charge in [-0.1, -0.05) is 5.16 Å².